The predicted octanol–water partition coefficient (Wildman–Crippen LogP) is 3.08. The third-order valence-electron chi connectivity index (χ3n) is 4.15. The Kier molecular flexibility index (Phi) is 3.15. The highest BCUT2D eigenvalue weighted by Gasteiger charge is 2.25. The Hall–Kier alpha value is -1.61. The highest BCUT2D eigenvalue weighted by molar-refractivity contribution is 5.37. The predicted molar refractivity (Wildman–Crippen MR) is 75.0 cm³/mol. The van der Waals surface area contributed by atoms with Crippen LogP contribution >= 0.6 is 0 Å². The maximum absolute atomic E-state index is 10.7. The van der Waals surface area contributed by atoms with Gasteiger partial charge in [0.15, 0.2) is 0 Å². The molecule has 1 heterocycles. The maximum atomic E-state index is 10.7. The van der Waals surface area contributed by atoms with Crippen LogP contribution in [0.5, 0.6) is 0 Å². The molecule has 0 spiro atoms. The molecule has 3 rings (SSSR count). The van der Waals surface area contributed by atoms with Crippen LogP contribution in [0.1, 0.15) is 53.8 Å². The number of aryl methyl sites for hydroxylation is 2. The van der Waals surface area contributed by atoms with Gasteiger partial charge >= 0.3 is 0 Å². The highest BCUT2D eigenvalue weighted by atomic mass is 16.3. The Labute approximate surface area is 113 Å². The zero-order valence-corrected chi connectivity index (χ0v) is 11.5. The lowest BCUT2D eigenvalue weighted by atomic mass is 9.77. The molecule has 3 nitrogen and oxygen atoms in total. The minimum Gasteiger partial charge on any atom is -0.382 e. The number of rotatable bonds is 3. The Balaban J connectivity index is 1.99. The van der Waals surface area contributed by atoms with Gasteiger partial charge < -0.3 is 5.11 Å². The monoisotopic (exact) mass is 256 g/mol. The molecule has 1 unspecified atom stereocenters. The quantitative estimate of drug-likeness (QED) is 0.916. The van der Waals surface area contributed by atoms with Crippen LogP contribution < -0.4 is 0 Å². The van der Waals surface area contributed by atoms with Gasteiger partial charge in [-0.15, -0.1) is 0 Å². The van der Waals surface area contributed by atoms with E-state index in [0.29, 0.717) is 5.92 Å². The molecule has 0 bridgehead atoms. The van der Waals surface area contributed by atoms with E-state index >= 15 is 0 Å². The average Bonchev–Trinajstić information content (AvgIpc) is 2.66. The van der Waals surface area contributed by atoms with Crippen molar-refractivity contribution in [3.05, 3.63) is 52.8 Å². The molecule has 1 atom stereocenters. The third-order valence-corrected chi connectivity index (χ3v) is 4.15. The van der Waals surface area contributed by atoms with Gasteiger partial charge in [0, 0.05) is 7.05 Å². The molecule has 1 aromatic heterocycles. The Morgan fingerprint density at radius 1 is 1.32 bits per heavy atom. The summed E-state index contributed by atoms with van der Waals surface area (Å²) in [7, 11) is 1.89. The first kappa shape index (κ1) is 12.4. The van der Waals surface area contributed by atoms with E-state index in [1.165, 1.54) is 24.8 Å². The van der Waals surface area contributed by atoms with Gasteiger partial charge in [0.05, 0.1) is 11.4 Å². The molecule has 19 heavy (non-hydrogen) atoms. The molecule has 0 aliphatic heterocycles. The van der Waals surface area contributed by atoms with Gasteiger partial charge in [-0.3, -0.25) is 4.68 Å². The van der Waals surface area contributed by atoms with Crippen LogP contribution in [0.15, 0.2) is 30.3 Å². The van der Waals surface area contributed by atoms with Gasteiger partial charge in [-0.25, -0.2) is 0 Å². The summed E-state index contributed by atoms with van der Waals surface area (Å²) in [6, 6.07) is 10.2. The van der Waals surface area contributed by atoms with Crippen LogP contribution in [0.25, 0.3) is 0 Å². The standard InChI is InChI=1S/C16H20N2O/c1-11-10-15(18(2)17-11)16(19)14-9-4-3-8-13(14)12-6-5-7-12/h3-4,8-10,12,16,19H,5-7H2,1-2H3. The molecule has 1 aliphatic carbocycles. The first-order valence-electron chi connectivity index (χ1n) is 6.94. The smallest absolute Gasteiger partial charge is 0.121 e. The second-order valence-electron chi connectivity index (χ2n) is 5.49. The molecule has 1 fully saturated rings. The Morgan fingerprint density at radius 3 is 2.63 bits per heavy atom. The summed E-state index contributed by atoms with van der Waals surface area (Å²) in [6.45, 7) is 1.95. The van der Waals surface area contributed by atoms with E-state index in [2.05, 4.69) is 17.2 Å². The topological polar surface area (TPSA) is 38.0 Å². The van der Waals surface area contributed by atoms with Crippen molar-refractivity contribution in [2.45, 2.75) is 38.2 Å². The molecule has 1 N–H and O–H groups in total. The highest BCUT2D eigenvalue weighted by Crippen LogP contribution is 2.40. The lowest BCUT2D eigenvalue weighted by Gasteiger charge is -2.29. The third kappa shape index (κ3) is 2.19. The van der Waals surface area contributed by atoms with Crippen molar-refractivity contribution in [2.75, 3.05) is 0 Å². The molecule has 0 radical (unpaired) electrons. The maximum Gasteiger partial charge on any atom is 0.121 e. The van der Waals surface area contributed by atoms with Gasteiger partial charge in [0.25, 0.3) is 0 Å². The zero-order chi connectivity index (χ0) is 13.4. The van der Waals surface area contributed by atoms with E-state index in [4.69, 9.17) is 0 Å². The van der Waals surface area contributed by atoms with E-state index in [0.717, 1.165) is 17.0 Å². The van der Waals surface area contributed by atoms with Crippen molar-refractivity contribution in [1.82, 2.24) is 9.78 Å². The largest absolute Gasteiger partial charge is 0.382 e. The van der Waals surface area contributed by atoms with Crippen LogP contribution in [0.4, 0.5) is 0 Å². The van der Waals surface area contributed by atoms with E-state index in [1.54, 1.807) is 4.68 Å². The fourth-order valence-corrected chi connectivity index (χ4v) is 2.90. The van der Waals surface area contributed by atoms with Gasteiger partial charge in [0.2, 0.25) is 0 Å². The second kappa shape index (κ2) is 4.82. The van der Waals surface area contributed by atoms with Crippen LogP contribution in [0.2, 0.25) is 0 Å². The summed E-state index contributed by atoms with van der Waals surface area (Å²) >= 11 is 0. The first-order valence-corrected chi connectivity index (χ1v) is 6.94. The summed E-state index contributed by atoms with van der Waals surface area (Å²) in [5.41, 5.74) is 4.15. The summed E-state index contributed by atoms with van der Waals surface area (Å²) in [5, 5.41) is 15.0. The van der Waals surface area contributed by atoms with Crippen LogP contribution in [0, 0.1) is 6.92 Å². The van der Waals surface area contributed by atoms with Crippen molar-refractivity contribution in [3.8, 4) is 0 Å². The second-order valence-corrected chi connectivity index (χ2v) is 5.49. The van der Waals surface area contributed by atoms with Crippen molar-refractivity contribution < 1.29 is 5.11 Å². The van der Waals surface area contributed by atoms with Crippen LogP contribution in [0.3, 0.4) is 0 Å². The molecular formula is C16H20N2O. The fourth-order valence-electron chi connectivity index (χ4n) is 2.90. The van der Waals surface area contributed by atoms with Gasteiger partial charge in [-0.1, -0.05) is 30.7 Å². The number of hydrogen-bond donors (Lipinski definition) is 1. The van der Waals surface area contributed by atoms with Crippen molar-refractivity contribution in [1.29, 1.82) is 0 Å². The molecule has 1 saturated carbocycles. The lowest BCUT2D eigenvalue weighted by Crippen LogP contribution is -2.15. The average molecular weight is 256 g/mol. The lowest BCUT2D eigenvalue weighted by molar-refractivity contribution is 0.206. The van der Waals surface area contributed by atoms with Crippen LogP contribution in [-0.4, -0.2) is 14.9 Å². The molecule has 0 amide bonds. The molecule has 2 aromatic rings. The van der Waals surface area contributed by atoms with E-state index < -0.39 is 6.10 Å². The molecular weight excluding hydrogens is 236 g/mol. The molecule has 3 heteroatoms. The number of benzene rings is 1. The number of hydrogen-bond acceptors (Lipinski definition) is 2. The first-order chi connectivity index (χ1) is 9.16. The summed E-state index contributed by atoms with van der Waals surface area (Å²) < 4.78 is 1.78. The number of aromatic nitrogens is 2. The van der Waals surface area contributed by atoms with E-state index in [9.17, 15) is 5.11 Å². The van der Waals surface area contributed by atoms with Crippen LogP contribution in [-0.2, 0) is 7.05 Å². The molecule has 1 aliphatic rings. The van der Waals surface area contributed by atoms with Gasteiger partial charge in [-0.2, -0.15) is 5.10 Å². The Morgan fingerprint density at radius 2 is 2.05 bits per heavy atom. The normalized spacial score (nSPS) is 17.2. The number of aliphatic hydroxyl groups excluding tert-OH is 1. The van der Waals surface area contributed by atoms with E-state index in [1.807, 2.05) is 32.2 Å². The van der Waals surface area contributed by atoms with Gasteiger partial charge in [-0.05, 0) is 42.9 Å². The summed E-state index contributed by atoms with van der Waals surface area (Å²) in [5.74, 6) is 0.625. The van der Waals surface area contributed by atoms with Crippen molar-refractivity contribution in [3.63, 3.8) is 0 Å². The minimum absolute atomic E-state index is 0.581. The zero-order valence-electron chi connectivity index (χ0n) is 11.5. The van der Waals surface area contributed by atoms with Crippen molar-refractivity contribution in [2.24, 2.45) is 7.05 Å². The minimum atomic E-state index is -0.581. The summed E-state index contributed by atoms with van der Waals surface area (Å²) in [6.07, 6.45) is 3.21. The van der Waals surface area contributed by atoms with E-state index in [-0.39, 0.29) is 0 Å². The Bertz CT molecular complexity index is 584. The molecule has 100 valence electrons. The number of aliphatic hydroxyl groups is 1. The van der Waals surface area contributed by atoms with Crippen molar-refractivity contribution >= 4 is 0 Å². The molecule has 0 saturated heterocycles. The molecule has 1 aromatic carbocycles. The van der Waals surface area contributed by atoms with Gasteiger partial charge in [0.1, 0.15) is 6.10 Å². The SMILES string of the molecule is Cc1cc(C(O)c2ccccc2C2CCC2)n(C)n1. The number of nitrogens with zero attached hydrogens (tertiary/aromatic N) is 2. The fraction of sp³-hybridized carbons (Fsp3) is 0.438. The summed E-state index contributed by atoms with van der Waals surface area (Å²) in [4.78, 5) is 0.